The van der Waals surface area contributed by atoms with Crippen molar-refractivity contribution in [3.8, 4) is 0 Å². The van der Waals surface area contributed by atoms with E-state index in [9.17, 15) is 0 Å². The number of hydrogen-bond acceptors (Lipinski definition) is 3. The molecular formula is C17H15N3. The third kappa shape index (κ3) is 2.67. The highest BCUT2D eigenvalue weighted by Crippen LogP contribution is 2.23. The molecule has 0 aliphatic rings. The van der Waals surface area contributed by atoms with Crippen LogP contribution in [0.1, 0.15) is 0 Å². The summed E-state index contributed by atoms with van der Waals surface area (Å²) in [7, 11) is 1.89. The zero-order valence-electron chi connectivity index (χ0n) is 11.2. The second-order valence-corrected chi connectivity index (χ2v) is 4.53. The lowest BCUT2D eigenvalue weighted by Crippen LogP contribution is -1.84. The van der Waals surface area contributed by atoms with Gasteiger partial charge < -0.3 is 5.32 Å². The summed E-state index contributed by atoms with van der Waals surface area (Å²) in [5.41, 5.74) is 2.77. The Kier molecular flexibility index (Phi) is 3.42. The average Bonchev–Trinajstić information content (AvgIpc) is 2.53. The second-order valence-electron chi connectivity index (χ2n) is 4.53. The molecule has 0 unspecified atom stereocenters. The van der Waals surface area contributed by atoms with Gasteiger partial charge in [-0.15, -0.1) is 0 Å². The van der Waals surface area contributed by atoms with Gasteiger partial charge in [0.05, 0.1) is 11.4 Å². The van der Waals surface area contributed by atoms with Crippen LogP contribution in [0.15, 0.2) is 77.0 Å². The number of rotatable bonds is 3. The van der Waals surface area contributed by atoms with Crippen LogP contribution in [0.4, 0.5) is 17.1 Å². The first kappa shape index (κ1) is 12.4. The largest absolute Gasteiger partial charge is 0.388 e. The lowest BCUT2D eigenvalue weighted by atomic mass is 10.1. The van der Waals surface area contributed by atoms with Crippen molar-refractivity contribution in [2.45, 2.75) is 0 Å². The van der Waals surface area contributed by atoms with Gasteiger partial charge in [-0.2, -0.15) is 10.2 Å². The number of anilines is 1. The Balaban J connectivity index is 1.85. The monoisotopic (exact) mass is 261 g/mol. The molecule has 0 aliphatic carbocycles. The smallest absolute Gasteiger partial charge is 0.0863 e. The van der Waals surface area contributed by atoms with Crippen molar-refractivity contribution in [3.63, 3.8) is 0 Å². The molecule has 1 N–H and O–H groups in total. The normalized spacial score (nSPS) is 11.1. The van der Waals surface area contributed by atoms with Crippen LogP contribution in [0.2, 0.25) is 0 Å². The fourth-order valence-electron chi connectivity index (χ4n) is 2.05. The Morgan fingerprint density at radius 1 is 0.700 bits per heavy atom. The van der Waals surface area contributed by atoms with Gasteiger partial charge in [0.2, 0.25) is 0 Å². The lowest BCUT2D eigenvalue weighted by molar-refractivity contribution is 1.23. The summed E-state index contributed by atoms with van der Waals surface area (Å²) in [4.78, 5) is 0. The van der Waals surface area contributed by atoms with E-state index >= 15 is 0 Å². The summed E-state index contributed by atoms with van der Waals surface area (Å²) in [6.07, 6.45) is 0. The molecule has 0 radical (unpaired) electrons. The van der Waals surface area contributed by atoms with Crippen LogP contribution < -0.4 is 5.32 Å². The number of fused-ring (bicyclic) bond motifs is 1. The minimum Gasteiger partial charge on any atom is -0.388 e. The van der Waals surface area contributed by atoms with E-state index in [1.807, 2.05) is 55.6 Å². The van der Waals surface area contributed by atoms with Gasteiger partial charge in [0, 0.05) is 12.7 Å². The van der Waals surface area contributed by atoms with Crippen molar-refractivity contribution in [3.05, 3.63) is 66.7 Å². The molecule has 0 bridgehead atoms. The number of hydrogen-bond donors (Lipinski definition) is 1. The fourth-order valence-corrected chi connectivity index (χ4v) is 2.05. The molecule has 3 aromatic rings. The van der Waals surface area contributed by atoms with Crippen LogP contribution in [-0.2, 0) is 0 Å². The van der Waals surface area contributed by atoms with Crippen LogP contribution in [0, 0.1) is 0 Å². The van der Waals surface area contributed by atoms with Gasteiger partial charge in [0.15, 0.2) is 0 Å². The van der Waals surface area contributed by atoms with Crippen molar-refractivity contribution >= 4 is 27.8 Å². The Morgan fingerprint density at radius 3 is 2.10 bits per heavy atom. The minimum atomic E-state index is 0.845. The van der Waals surface area contributed by atoms with Gasteiger partial charge in [-0.25, -0.2) is 0 Å². The van der Waals surface area contributed by atoms with E-state index in [0.29, 0.717) is 0 Å². The van der Waals surface area contributed by atoms with Gasteiger partial charge in [0.1, 0.15) is 0 Å². The quantitative estimate of drug-likeness (QED) is 0.638. The summed E-state index contributed by atoms with van der Waals surface area (Å²) in [6, 6.07) is 22.2. The molecule has 3 nitrogen and oxygen atoms in total. The van der Waals surface area contributed by atoms with E-state index in [1.165, 1.54) is 10.8 Å². The maximum atomic E-state index is 4.29. The molecule has 0 aliphatic heterocycles. The van der Waals surface area contributed by atoms with E-state index in [-0.39, 0.29) is 0 Å². The van der Waals surface area contributed by atoms with Gasteiger partial charge in [-0.1, -0.05) is 30.3 Å². The highest BCUT2D eigenvalue weighted by Gasteiger charge is 1.95. The highest BCUT2D eigenvalue weighted by molar-refractivity contribution is 5.85. The van der Waals surface area contributed by atoms with Crippen LogP contribution in [0.25, 0.3) is 10.8 Å². The maximum absolute atomic E-state index is 4.29. The summed E-state index contributed by atoms with van der Waals surface area (Å²) in [6.45, 7) is 0. The number of azo groups is 1. The van der Waals surface area contributed by atoms with E-state index in [4.69, 9.17) is 0 Å². The van der Waals surface area contributed by atoms with Crippen molar-refractivity contribution in [1.82, 2.24) is 0 Å². The third-order valence-electron chi connectivity index (χ3n) is 3.17. The van der Waals surface area contributed by atoms with Gasteiger partial charge in [0.25, 0.3) is 0 Å². The Bertz CT molecular complexity index is 746. The Morgan fingerprint density at radius 2 is 1.35 bits per heavy atom. The SMILES string of the molecule is CNc1ccc(N=Nc2ccc3ccccc3c2)cc1. The summed E-state index contributed by atoms with van der Waals surface area (Å²) in [5, 5.41) is 14.0. The van der Waals surface area contributed by atoms with Crippen LogP contribution in [0.5, 0.6) is 0 Å². The van der Waals surface area contributed by atoms with Crippen molar-refractivity contribution in [1.29, 1.82) is 0 Å². The van der Waals surface area contributed by atoms with E-state index in [0.717, 1.165) is 17.1 Å². The molecule has 3 aromatic carbocycles. The molecule has 0 amide bonds. The van der Waals surface area contributed by atoms with Crippen molar-refractivity contribution in [2.75, 3.05) is 12.4 Å². The molecule has 20 heavy (non-hydrogen) atoms. The molecule has 0 atom stereocenters. The van der Waals surface area contributed by atoms with Gasteiger partial charge >= 0.3 is 0 Å². The third-order valence-corrected chi connectivity index (χ3v) is 3.17. The number of benzene rings is 3. The predicted molar refractivity (Wildman–Crippen MR) is 84.1 cm³/mol. The first-order valence-corrected chi connectivity index (χ1v) is 6.53. The molecule has 3 rings (SSSR count). The summed E-state index contributed by atoms with van der Waals surface area (Å²) in [5.74, 6) is 0. The van der Waals surface area contributed by atoms with Crippen molar-refractivity contribution in [2.24, 2.45) is 10.2 Å². The topological polar surface area (TPSA) is 36.8 Å². The van der Waals surface area contributed by atoms with E-state index in [2.05, 4.69) is 33.7 Å². The van der Waals surface area contributed by atoms with Crippen molar-refractivity contribution < 1.29 is 0 Å². The predicted octanol–water partition coefficient (Wildman–Crippen LogP) is 5.30. The van der Waals surface area contributed by atoms with Crippen LogP contribution in [0.3, 0.4) is 0 Å². The van der Waals surface area contributed by atoms with Gasteiger partial charge in [-0.05, 0) is 47.2 Å². The summed E-state index contributed by atoms with van der Waals surface area (Å²) < 4.78 is 0. The summed E-state index contributed by atoms with van der Waals surface area (Å²) >= 11 is 0. The molecule has 0 saturated carbocycles. The first-order chi connectivity index (χ1) is 9.85. The molecule has 98 valence electrons. The Hall–Kier alpha value is -2.68. The zero-order valence-corrected chi connectivity index (χ0v) is 11.2. The lowest BCUT2D eigenvalue weighted by Gasteiger charge is -2.00. The maximum Gasteiger partial charge on any atom is 0.0863 e. The first-order valence-electron chi connectivity index (χ1n) is 6.53. The Labute approximate surface area is 118 Å². The molecule has 0 saturated heterocycles. The molecule has 3 heteroatoms. The van der Waals surface area contributed by atoms with E-state index < -0.39 is 0 Å². The average molecular weight is 261 g/mol. The molecular weight excluding hydrogens is 246 g/mol. The molecule has 0 spiro atoms. The number of nitrogens with one attached hydrogen (secondary N) is 1. The van der Waals surface area contributed by atoms with Gasteiger partial charge in [-0.3, -0.25) is 0 Å². The zero-order chi connectivity index (χ0) is 13.8. The van der Waals surface area contributed by atoms with E-state index in [1.54, 1.807) is 0 Å². The van der Waals surface area contributed by atoms with Crippen LogP contribution >= 0.6 is 0 Å². The molecule has 0 aromatic heterocycles. The fraction of sp³-hybridized carbons (Fsp3) is 0.0588. The second kappa shape index (κ2) is 5.53. The molecule has 0 heterocycles. The van der Waals surface area contributed by atoms with Crippen LogP contribution in [-0.4, -0.2) is 7.05 Å². The standard InChI is InChI=1S/C17H15N3/c1-18-15-8-10-16(11-9-15)19-20-17-7-6-13-4-2-3-5-14(13)12-17/h2-12,18H,1H3. The number of nitrogens with zero attached hydrogens (tertiary/aromatic N) is 2. The highest BCUT2D eigenvalue weighted by atomic mass is 15.1. The minimum absolute atomic E-state index is 0.845. The molecule has 0 fully saturated rings.